The number of hydrogen-bond donors (Lipinski definition) is 1. The van der Waals surface area contributed by atoms with E-state index in [1.807, 2.05) is 11.9 Å². The number of rotatable bonds is 4. The maximum atomic E-state index is 5.35. The largest absolute Gasteiger partial charge is 0.390 e. The van der Waals surface area contributed by atoms with Crippen molar-refractivity contribution in [2.75, 3.05) is 17.7 Å². The Morgan fingerprint density at radius 2 is 2.00 bits per heavy atom. The second-order valence-electron chi connectivity index (χ2n) is 4.01. The Hall–Kier alpha value is -1.26. The van der Waals surface area contributed by atoms with Crippen LogP contribution in [0.15, 0.2) is 4.42 Å². The second-order valence-corrected chi connectivity index (χ2v) is 4.01. The van der Waals surface area contributed by atoms with Crippen LogP contribution in [0.1, 0.15) is 27.2 Å². The third-order valence-corrected chi connectivity index (χ3v) is 2.21. The monoisotopic (exact) mass is 198 g/mol. The molecule has 1 heterocycles. The standard InChI is InChI=1S/C9H18N4O/c1-6(2)5-7(3)13(4)9-12-11-8(10)14-9/h6-7H,5H2,1-4H3,(H2,10,11). The van der Waals surface area contributed by atoms with Gasteiger partial charge >= 0.3 is 12.0 Å². The molecule has 0 spiro atoms. The molecule has 80 valence electrons. The lowest BCUT2D eigenvalue weighted by Crippen LogP contribution is -2.30. The molecule has 1 aromatic rings. The highest BCUT2D eigenvalue weighted by Crippen LogP contribution is 2.17. The van der Waals surface area contributed by atoms with Gasteiger partial charge in [-0.3, -0.25) is 0 Å². The summed E-state index contributed by atoms with van der Waals surface area (Å²) in [6, 6.07) is 0.967. The van der Waals surface area contributed by atoms with Gasteiger partial charge in [-0.05, 0) is 19.3 Å². The number of anilines is 2. The molecule has 5 nitrogen and oxygen atoms in total. The van der Waals surface area contributed by atoms with Crippen molar-refractivity contribution in [2.24, 2.45) is 5.92 Å². The van der Waals surface area contributed by atoms with Gasteiger partial charge in [0.05, 0.1) is 0 Å². The fourth-order valence-electron chi connectivity index (χ4n) is 1.40. The summed E-state index contributed by atoms with van der Waals surface area (Å²) in [4.78, 5) is 1.95. The van der Waals surface area contributed by atoms with Crippen molar-refractivity contribution in [1.29, 1.82) is 0 Å². The molecule has 1 unspecified atom stereocenters. The van der Waals surface area contributed by atoms with Crippen molar-refractivity contribution < 1.29 is 4.42 Å². The van der Waals surface area contributed by atoms with Crippen LogP contribution >= 0.6 is 0 Å². The SMILES string of the molecule is CC(C)CC(C)N(C)c1nnc(N)o1. The van der Waals surface area contributed by atoms with Crippen molar-refractivity contribution in [3.05, 3.63) is 0 Å². The normalized spacial score (nSPS) is 13.2. The van der Waals surface area contributed by atoms with Gasteiger partial charge in [-0.25, -0.2) is 0 Å². The van der Waals surface area contributed by atoms with Crippen LogP contribution in [0.3, 0.4) is 0 Å². The quantitative estimate of drug-likeness (QED) is 0.794. The van der Waals surface area contributed by atoms with Crippen molar-refractivity contribution >= 4 is 12.0 Å². The van der Waals surface area contributed by atoms with Crippen molar-refractivity contribution in [2.45, 2.75) is 33.2 Å². The average Bonchev–Trinajstić information content (AvgIpc) is 2.49. The van der Waals surface area contributed by atoms with E-state index in [2.05, 4.69) is 31.0 Å². The summed E-state index contributed by atoms with van der Waals surface area (Å²) in [5.74, 6) is 0.646. The maximum Gasteiger partial charge on any atom is 0.319 e. The highest BCUT2D eigenvalue weighted by Gasteiger charge is 2.16. The van der Waals surface area contributed by atoms with Crippen LogP contribution in [0.5, 0.6) is 0 Å². The average molecular weight is 198 g/mol. The molecular formula is C9H18N4O. The Morgan fingerprint density at radius 1 is 1.36 bits per heavy atom. The van der Waals surface area contributed by atoms with Gasteiger partial charge < -0.3 is 15.1 Å². The molecule has 0 radical (unpaired) electrons. The first-order chi connectivity index (χ1) is 6.50. The zero-order valence-electron chi connectivity index (χ0n) is 9.19. The maximum absolute atomic E-state index is 5.35. The van der Waals surface area contributed by atoms with E-state index in [-0.39, 0.29) is 6.01 Å². The summed E-state index contributed by atoms with van der Waals surface area (Å²) in [6.07, 6.45) is 1.08. The predicted octanol–water partition coefficient (Wildman–Crippen LogP) is 1.52. The van der Waals surface area contributed by atoms with Crippen LogP contribution in [0.4, 0.5) is 12.0 Å². The zero-order valence-corrected chi connectivity index (χ0v) is 9.19. The molecule has 14 heavy (non-hydrogen) atoms. The number of nitrogens with two attached hydrogens (primary N) is 1. The molecule has 0 aromatic carbocycles. The molecular weight excluding hydrogens is 180 g/mol. The van der Waals surface area contributed by atoms with Gasteiger partial charge in [0, 0.05) is 13.1 Å². The molecule has 1 rings (SSSR count). The minimum atomic E-state index is 0.114. The summed E-state index contributed by atoms with van der Waals surface area (Å²) in [6.45, 7) is 6.50. The second kappa shape index (κ2) is 4.30. The lowest BCUT2D eigenvalue weighted by molar-refractivity contribution is 0.470. The zero-order chi connectivity index (χ0) is 10.7. The van der Waals surface area contributed by atoms with Crippen LogP contribution in [0, 0.1) is 5.92 Å². The molecule has 0 bridgehead atoms. The van der Waals surface area contributed by atoms with Gasteiger partial charge in [0.15, 0.2) is 0 Å². The first kappa shape index (κ1) is 10.8. The van der Waals surface area contributed by atoms with Gasteiger partial charge in [0.2, 0.25) is 0 Å². The minimum absolute atomic E-state index is 0.114. The molecule has 5 heteroatoms. The number of aromatic nitrogens is 2. The molecule has 0 amide bonds. The van der Waals surface area contributed by atoms with E-state index in [0.29, 0.717) is 18.0 Å². The van der Waals surface area contributed by atoms with E-state index in [1.54, 1.807) is 0 Å². The predicted molar refractivity (Wildman–Crippen MR) is 56.0 cm³/mol. The molecule has 1 aromatic heterocycles. The molecule has 0 fully saturated rings. The van der Waals surface area contributed by atoms with Crippen molar-refractivity contribution in [3.63, 3.8) is 0 Å². The third kappa shape index (κ3) is 2.61. The van der Waals surface area contributed by atoms with Gasteiger partial charge in [-0.15, -0.1) is 0 Å². The molecule has 0 saturated heterocycles. The van der Waals surface area contributed by atoms with E-state index in [9.17, 15) is 0 Å². The lowest BCUT2D eigenvalue weighted by atomic mass is 10.0. The Kier molecular flexibility index (Phi) is 3.33. The van der Waals surface area contributed by atoms with Crippen molar-refractivity contribution in [1.82, 2.24) is 10.2 Å². The molecule has 2 N–H and O–H groups in total. The van der Waals surface area contributed by atoms with E-state index < -0.39 is 0 Å². The topological polar surface area (TPSA) is 68.2 Å². The third-order valence-electron chi connectivity index (χ3n) is 2.21. The van der Waals surface area contributed by atoms with Crippen LogP contribution in [0.2, 0.25) is 0 Å². The van der Waals surface area contributed by atoms with Crippen LogP contribution in [-0.2, 0) is 0 Å². The first-order valence-corrected chi connectivity index (χ1v) is 4.82. The minimum Gasteiger partial charge on any atom is -0.390 e. The van der Waals surface area contributed by atoms with E-state index >= 15 is 0 Å². The molecule has 0 aliphatic heterocycles. The summed E-state index contributed by atoms with van der Waals surface area (Å²) in [5, 5.41) is 7.45. The molecule has 0 aliphatic carbocycles. The Labute approximate surface area is 84.3 Å². The van der Waals surface area contributed by atoms with Crippen LogP contribution < -0.4 is 10.6 Å². The highest BCUT2D eigenvalue weighted by atomic mass is 16.4. The number of nitrogen functional groups attached to an aromatic ring is 1. The Morgan fingerprint density at radius 3 is 2.43 bits per heavy atom. The van der Waals surface area contributed by atoms with Gasteiger partial charge in [0.1, 0.15) is 0 Å². The summed E-state index contributed by atoms with van der Waals surface area (Å²) in [5.41, 5.74) is 5.35. The van der Waals surface area contributed by atoms with E-state index in [0.717, 1.165) is 6.42 Å². The summed E-state index contributed by atoms with van der Waals surface area (Å²) in [7, 11) is 1.93. The van der Waals surface area contributed by atoms with Crippen molar-refractivity contribution in [3.8, 4) is 0 Å². The molecule has 0 saturated carbocycles. The van der Waals surface area contributed by atoms with Gasteiger partial charge in [-0.2, -0.15) is 0 Å². The van der Waals surface area contributed by atoms with Crippen LogP contribution in [-0.4, -0.2) is 23.3 Å². The summed E-state index contributed by atoms with van der Waals surface area (Å²) >= 11 is 0. The lowest BCUT2D eigenvalue weighted by Gasteiger charge is -2.23. The highest BCUT2D eigenvalue weighted by molar-refractivity contribution is 5.27. The molecule has 0 aliphatic rings. The fourth-order valence-corrected chi connectivity index (χ4v) is 1.40. The van der Waals surface area contributed by atoms with Gasteiger partial charge in [0.25, 0.3) is 0 Å². The molecule has 1 atom stereocenters. The Bertz CT molecular complexity index is 284. The van der Waals surface area contributed by atoms with Gasteiger partial charge in [-0.1, -0.05) is 24.0 Å². The summed E-state index contributed by atoms with van der Waals surface area (Å²) < 4.78 is 5.13. The fraction of sp³-hybridized carbons (Fsp3) is 0.778. The van der Waals surface area contributed by atoms with Crippen LogP contribution in [0.25, 0.3) is 0 Å². The number of hydrogen-bond acceptors (Lipinski definition) is 5. The Balaban J connectivity index is 2.60. The number of nitrogens with zero attached hydrogens (tertiary/aromatic N) is 3. The smallest absolute Gasteiger partial charge is 0.319 e. The van der Waals surface area contributed by atoms with E-state index in [1.165, 1.54) is 0 Å². The first-order valence-electron chi connectivity index (χ1n) is 4.82. The van der Waals surface area contributed by atoms with E-state index in [4.69, 9.17) is 10.2 Å².